The van der Waals surface area contributed by atoms with Gasteiger partial charge in [-0.2, -0.15) is 0 Å². The molecule has 0 saturated carbocycles. The maximum absolute atomic E-state index is 12.8. The molecule has 6 heteroatoms. The number of urea groups is 1. The minimum absolute atomic E-state index is 0.0844. The van der Waals surface area contributed by atoms with Crippen LogP contribution in [0.5, 0.6) is 11.5 Å². The Morgan fingerprint density at radius 2 is 1.57 bits per heavy atom. The van der Waals surface area contributed by atoms with E-state index in [1.165, 1.54) is 0 Å². The maximum atomic E-state index is 12.8. The summed E-state index contributed by atoms with van der Waals surface area (Å²) in [6.07, 6.45) is 0.0844. The Hall–Kier alpha value is -3.80. The van der Waals surface area contributed by atoms with E-state index >= 15 is 0 Å². The number of hydrogen-bond acceptors (Lipinski definition) is 3. The summed E-state index contributed by atoms with van der Waals surface area (Å²) in [4.78, 5) is 26.0. The smallest absolute Gasteiger partial charge is 0.312 e. The molecule has 0 aliphatic heterocycles. The molecule has 3 aromatic rings. The maximum Gasteiger partial charge on any atom is 0.312 e. The molecule has 3 rings (SSSR count). The van der Waals surface area contributed by atoms with Gasteiger partial charge in [0.15, 0.2) is 0 Å². The van der Waals surface area contributed by atoms with Crippen LogP contribution in [-0.4, -0.2) is 23.9 Å². The van der Waals surface area contributed by atoms with Gasteiger partial charge in [0, 0.05) is 13.6 Å². The second-order valence-electron chi connectivity index (χ2n) is 6.99. The first-order chi connectivity index (χ1) is 14.5. The molecule has 30 heavy (non-hydrogen) atoms. The van der Waals surface area contributed by atoms with E-state index in [9.17, 15) is 9.59 Å². The van der Waals surface area contributed by atoms with Crippen molar-refractivity contribution in [2.24, 2.45) is 5.73 Å². The van der Waals surface area contributed by atoms with Gasteiger partial charge >= 0.3 is 6.03 Å². The van der Waals surface area contributed by atoms with Crippen molar-refractivity contribution in [3.05, 3.63) is 96.1 Å². The Labute approximate surface area is 176 Å². The Morgan fingerprint density at radius 1 is 0.933 bits per heavy atom. The molecular weight excluding hydrogens is 378 g/mol. The molecule has 0 aliphatic rings. The van der Waals surface area contributed by atoms with E-state index in [1.807, 2.05) is 78.9 Å². The quantitative estimate of drug-likeness (QED) is 0.590. The number of benzene rings is 3. The number of primary amides is 1. The zero-order chi connectivity index (χ0) is 21.3. The van der Waals surface area contributed by atoms with E-state index in [2.05, 4.69) is 5.32 Å². The number of nitrogens with one attached hydrogen (secondary N) is 1. The Kier molecular flexibility index (Phi) is 7.05. The molecule has 0 spiro atoms. The molecule has 0 heterocycles. The third kappa shape index (κ3) is 6.10. The van der Waals surface area contributed by atoms with Gasteiger partial charge < -0.3 is 20.7 Å². The minimum Gasteiger partial charge on any atom is -0.457 e. The first kappa shape index (κ1) is 20.9. The van der Waals surface area contributed by atoms with E-state index < -0.39 is 12.1 Å². The predicted octanol–water partition coefficient (Wildman–Crippen LogP) is 4.24. The van der Waals surface area contributed by atoms with Gasteiger partial charge in [-0.15, -0.1) is 0 Å². The van der Waals surface area contributed by atoms with Crippen molar-refractivity contribution in [1.29, 1.82) is 0 Å². The van der Waals surface area contributed by atoms with E-state index in [4.69, 9.17) is 10.5 Å². The molecule has 0 radical (unpaired) electrons. The predicted molar refractivity (Wildman–Crippen MR) is 116 cm³/mol. The van der Waals surface area contributed by atoms with Crippen molar-refractivity contribution < 1.29 is 14.3 Å². The van der Waals surface area contributed by atoms with Crippen LogP contribution in [0.1, 0.15) is 23.6 Å². The van der Waals surface area contributed by atoms with Gasteiger partial charge in [-0.1, -0.05) is 60.7 Å². The van der Waals surface area contributed by atoms with Crippen molar-refractivity contribution >= 4 is 11.9 Å². The average molecular weight is 403 g/mol. The first-order valence-corrected chi connectivity index (χ1v) is 9.68. The zero-order valence-electron chi connectivity index (χ0n) is 16.8. The van der Waals surface area contributed by atoms with Crippen molar-refractivity contribution in [2.45, 2.75) is 19.0 Å². The van der Waals surface area contributed by atoms with Gasteiger partial charge in [0.1, 0.15) is 11.5 Å². The number of nitrogens with zero attached hydrogens (tertiary/aromatic N) is 1. The molecule has 3 N–H and O–H groups in total. The lowest BCUT2D eigenvalue weighted by Gasteiger charge is -2.23. The fraction of sp³-hybridized carbons (Fsp3) is 0.167. The molecule has 3 amide bonds. The van der Waals surface area contributed by atoms with Crippen molar-refractivity contribution in [1.82, 2.24) is 10.2 Å². The topological polar surface area (TPSA) is 84.7 Å². The molecule has 0 saturated heterocycles. The van der Waals surface area contributed by atoms with Crippen LogP contribution >= 0.6 is 0 Å². The third-order valence-electron chi connectivity index (χ3n) is 4.62. The summed E-state index contributed by atoms with van der Waals surface area (Å²) in [6, 6.07) is 25.2. The normalized spacial score (nSPS) is 11.4. The highest BCUT2D eigenvalue weighted by Crippen LogP contribution is 2.26. The minimum atomic E-state index is -0.687. The molecule has 1 unspecified atom stereocenters. The first-order valence-electron chi connectivity index (χ1n) is 9.68. The number of hydrogen-bond donors (Lipinski definition) is 2. The van der Waals surface area contributed by atoms with E-state index in [-0.39, 0.29) is 12.3 Å². The number of para-hydroxylation sites is 1. The van der Waals surface area contributed by atoms with Gasteiger partial charge in [-0.25, -0.2) is 4.79 Å². The summed E-state index contributed by atoms with van der Waals surface area (Å²) in [7, 11) is 1.74. The lowest BCUT2D eigenvalue weighted by Crippen LogP contribution is -2.37. The average Bonchev–Trinajstić information content (AvgIpc) is 2.74. The van der Waals surface area contributed by atoms with E-state index in [0.29, 0.717) is 18.0 Å². The van der Waals surface area contributed by atoms with E-state index in [1.54, 1.807) is 18.0 Å². The monoisotopic (exact) mass is 403 g/mol. The lowest BCUT2D eigenvalue weighted by molar-refractivity contribution is -0.130. The van der Waals surface area contributed by atoms with Gasteiger partial charge in [-0.3, -0.25) is 4.79 Å². The molecule has 1 atom stereocenters. The summed E-state index contributed by atoms with van der Waals surface area (Å²) in [5.41, 5.74) is 7.13. The summed E-state index contributed by atoms with van der Waals surface area (Å²) in [6.45, 7) is 0.486. The van der Waals surface area contributed by atoms with Crippen molar-refractivity contribution in [2.75, 3.05) is 7.05 Å². The van der Waals surface area contributed by atoms with Gasteiger partial charge in [0.2, 0.25) is 5.91 Å². The van der Waals surface area contributed by atoms with Crippen molar-refractivity contribution in [3.8, 4) is 11.5 Å². The van der Waals surface area contributed by atoms with Crippen LogP contribution in [0.15, 0.2) is 84.9 Å². The standard InChI is InChI=1S/C24H25N3O3/c1-27(17-18-9-4-2-5-10-18)23(28)16-22(26-24(25)29)19-11-8-14-21(15-19)30-20-12-6-3-7-13-20/h2-15,22H,16-17H2,1H3,(H3,25,26,29). The number of amides is 3. The van der Waals surface area contributed by atoms with Crippen LogP contribution in [0, 0.1) is 0 Å². The fourth-order valence-electron chi connectivity index (χ4n) is 3.12. The Bertz CT molecular complexity index is 977. The highest BCUT2D eigenvalue weighted by molar-refractivity contribution is 5.78. The Balaban J connectivity index is 1.73. The number of carbonyl (C=O) groups excluding carboxylic acids is 2. The second kappa shape index (κ2) is 10.1. The summed E-state index contributed by atoms with van der Waals surface area (Å²) in [5, 5.41) is 2.67. The second-order valence-corrected chi connectivity index (χ2v) is 6.99. The van der Waals surface area contributed by atoms with E-state index in [0.717, 1.165) is 11.1 Å². The van der Waals surface area contributed by atoms with Crippen LogP contribution in [0.25, 0.3) is 0 Å². The van der Waals surface area contributed by atoms with Crippen LogP contribution < -0.4 is 15.8 Å². The van der Waals surface area contributed by atoms with Crippen molar-refractivity contribution in [3.63, 3.8) is 0 Å². The fourth-order valence-corrected chi connectivity index (χ4v) is 3.12. The van der Waals surface area contributed by atoms with Gasteiger partial charge in [0.05, 0.1) is 12.5 Å². The highest BCUT2D eigenvalue weighted by Gasteiger charge is 2.20. The third-order valence-corrected chi connectivity index (χ3v) is 4.62. The number of ether oxygens (including phenoxy) is 1. The summed E-state index contributed by atoms with van der Waals surface area (Å²) >= 11 is 0. The molecule has 0 bridgehead atoms. The molecule has 0 aliphatic carbocycles. The molecule has 6 nitrogen and oxygen atoms in total. The summed E-state index contributed by atoms with van der Waals surface area (Å²) < 4.78 is 5.87. The molecule has 3 aromatic carbocycles. The largest absolute Gasteiger partial charge is 0.457 e. The number of rotatable bonds is 8. The molecular formula is C24H25N3O3. The van der Waals surface area contributed by atoms with Crippen LogP contribution in [-0.2, 0) is 11.3 Å². The number of carbonyl (C=O) groups is 2. The van der Waals surface area contributed by atoms with Gasteiger partial charge in [0.25, 0.3) is 0 Å². The zero-order valence-corrected chi connectivity index (χ0v) is 16.8. The van der Waals surface area contributed by atoms with Gasteiger partial charge in [-0.05, 0) is 35.4 Å². The van der Waals surface area contributed by atoms with Crippen LogP contribution in [0.3, 0.4) is 0 Å². The highest BCUT2D eigenvalue weighted by atomic mass is 16.5. The van der Waals surface area contributed by atoms with Crippen LogP contribution in [0.4, 0.5) is 4.79 Å². The SMILES string of the molecule is CN(Cc1ccccc1)C(=O)CC(NC(N)=O)c1cccc(Oc2ccccc2)c1. The molecule has 0 fully saturated rings. The lowest BCUT2D eigenvalue weighted by atomic mass is 10.0. The molecule has 154 valence electrons. The Morgan fingerprint density at radius 3 is 2.23 bits per heavy atom. The number of nitrogens with two attached hydrogens (primary N) is 1. The van der Waals surface area contributed by atoms with Crippen LogP contribution in [0.2, 0.25) is 0 Å². The summed E-state index contributed by atoms with van der Waals surface area (Å²) in [5.74, 6) is 1.21. The molecule has 0 aromatic heterocycles.